The van der Waals surface area contributed by atoms with Crippen LogP contribution >= 0.6 is 0 Å². The zero-order valence-corrected chi connectivity index (χ0v) is 33.8. The minimum absolute atomic E-state index is 0.816. The number of hydrogen-bond donors (Lipinski definition) is 0. The van der Waals surface area contributed by atoms with Gasteiger partial charge in [-0.3, -0.25) is 20.0 Å². The quantitative estimate of drug-likeness (QED) is 0.132. The van der Waals surface area contributed by atoms with Gasteiger partial charge in [0, 0.05) is 0 Å². The molecule has 6 rings (SSSR count). The van der Waals surface area contributed by atoms with E-state index in [0.29, 0.717) is 0 Å². The minimum atomic E-state index is 0.816. The topological polar surface area (TPSA) is 75.2 Å². The van der Waals surface area contributed by atoms with E-state index in [2.05, 4.69) is 114 Å². The predicted octanol–water partition coefficient (Wildman–Crippen LogP) is 12.5. The maximum absolute atomic E-state index is 4.95. The first-order valence-electron chi connectivity index (χ1n) is 18.8. The monoisotopic (exact) mass is 722 g/mol. The number of pyridine rings is 2. The molecular formula is C49H50N6. The van der Waals surface area contributed by atoms with Gasteiger partial charge in [-0.1, -0.05) is 71.8 Å². The van der Waals surface area contributed by atoms with Gasteiger partial charge in [-0.2, -0.15) is 0 Å². The molecule has 0 saturated heterocycles. The highest BCUT2D eigenvalue weighted by Crippen LogP contribution is 2.28. The molecule has 4 aromatic carbocycles. The zero-order chi connectivity index (χ0) is 39.2. The van der Waals surface area contributed by atoms with Gasteiger partial charge in [0.1, 0.15) is 0 Å². The van der Waals surface area contributed by atoms with E-state index < -0.39 is 0 Å². The lowest BCUT2D eigenvalue weighted by Gasteiger charge is -2.09. The minimum Gasteiger partial charge on any atom is -0.252 e. The number of hydrogen-bond acceptors (Lipinski definition) is 6. The van der Waals surface area contributed by atoms with Crippen molar-refractivity contribution in [2.45, 2.75) is 75.7 Å². The van der Waals surface area contributed by atoms with Gasteiger partial charge in [-0.25, -0.2) is 9.97 Å². The molecule has 6 heteroatoms. The van der Waals surface area contributed by atoms with E-state index >= 15 is 0 Å². The first-order valence-corrected chi connectivity index (χ1v) is 18.8. The van der Waals surface area contributed by atoms with Crippen LogP contribution in [0.1, 0.15) is 95.0 Å². The van der Waals surface area contributed by atoms with Crippen LogP contribution in [0.4, 0.5) is 22.7 Å². The van der Waals surface area contributed by atoms with Gasteiger partial charge in [0.05, 0.1) is 68.4 Å². The Morgan fingerprint density at radius 3 is 1.00 bits per heavy atom. The van der Waals surface area contributed by atoms with E-state index in [-0.39, 0.29) is 0 Å². The smallest absolute Gasteiger partial charge is 0.0849 e. The van der Waals surface area contributed by atoms with E-state index in [4.69, 9.17) is 29.9 Å². The van der Waals surface area contributed by atoms with Crippen LogP contribution in [-0.2, 0) is 6.42 Å². The summed E-state index contributed by atoms with van der Waals surface area (Å²) in [5.41, 5.74) is 20.2. The Balaban J connectivity index is 1.10. The van der Waals surface area contributed by atoms with Gasteiger partial charge in [0.15, 0.2) is 0 Å². The molecule has 2 heterocycles. The van der Waals surface area contributed by atoms with Crippen LogP contribution < -0.4 is 0 Å². The number of aromatic nitrogens is 2. The molecule has 0 unspecified atom stereocenters. The highest BCUT2D eigenvalue weighted by atomic mass is 14.8. The van der Waals surface area contributed by atoms with Crippen LogP contribution in [0.15, 0.2) is 129 Å². The fourth-order valence-corrected chi connectivity index (χ4v) is 6.94. The molecule has 0 aliphatic rings. The van der Waals surface area contributed by atoms with Crippen LogP contribution in [0.3, 0.4) is 0 Å². The Morgan fingerprint density at radius 2 is 0.691 bits per heavy atom. The van der Waals surface area contributed by atoms with Crippen molar-refractivity contribution in [3.8, 4) is 0 Å². The summed E-state index contributed by atoms with van der Waals surface area (Å²) in [7, 11) is 0. The second kappa shape index (κ2) is 16.9. The molecule has 0 amide bonds. The summed E-state index contributed by atoms with van der Waals surface area (Å²) in [6, 6.07) is 37.6. The molecule has 0 radical (unpaired) electrons. The van der Waals surface area contributed by atoms with E-state index in [1.165, 1.54) is 44.5 Å². The van der Waals surface area contributed by atoms with Gasteiger partial charge in [-0.05, 0) is 158 Å². The van der Waals surface area contributed by atoms with Crippen molar-refractivity contribution in [2.75, 3.05) is 0 Å². The lowest BCUT2D eigenvalue weighted by atomic mass is 10.0. The molecule has 0 aliphatic heterocycles. The fraction of sp³-hybridized carbons (Fsp3) is 0.224. The second-order valence-corrected chi connectivity index (χ2v) is 14.6. The van der Waals surface area contributed by atoms with Crippen LogP contribution in [0.25, 0.3) is 0 Å². The molecular weight excluding hydrogens is 673 g/mol. The molecule has 0 spiro atoms. The predicted molar refractivity (Wildman–Crippen MR) is 233 cm³/mol. The first kappa shape index (κ1) is 38.6. The summed E-state index contributed by atoms with van der Waals surface area (Å²) in [5, 5.41) is 0. The molecule has 2 aromatic heterocycles. The van der Waals surface area contributed by atoms with Gasteiger partial charge < -0.3 is 0 Å². The Morgan fingerprint density at radius 1 is 0.400 bits per heavy atom. The van der Waals surface area contributed by atoms with Crippen molar-refractivity contribution in [3.05, 3.63) is 176 Å². The van der Waals surface area contributed by atoms with E-state index in [9.17, 15) is 0 Å². The largest absolute Gasteiger partial charge is 0.252 e. The van der Waals surface area contributed by atoms with Crippen LogP contribution in [0, 0.1) is 41.5 Å². The van der Waals surface area contributed by atoms with Crippen molar-refractivity contribution in [3.63, 3.8) is 0 Å². The summed E-state index contributed by atoms with van der Waals surface area (Å²) < 4.78 is 0. The highest BCUT2D eigenvalue weighted by Gasteiger charge is 2.10. The highest BCUT2D eigenvalue weighted by molar-refractivity contribution is 6.03. The SMILES string of the molecule is C/C(=N\c1ccc(Cc2ccc(/N=C(\C)c3cccc(/C(C)=N/c4c(C)cc(C)cc4C)n3)cc2)cc1)c1cccc(/C(C)=N/c2c(C)cc(C)cc2C)n1. The van der Waals surface area contributed by atoms with Crippen molar-refractivity contribution in [2.24, 2.45) is 20.0 Å². The van der Waals surface area contributed by atoms with Crippen molar-refractivity contribution < 1.29 is 0 Å². The van der Waals surface area contributed by atoms with Crippen molar-refractivity contribution in [1.82, 2.24) is 9.97 Å². The molecule has 0 atom stereocenters. The Hall–Kier alpha value is -6.14. The molecule has 0 fully saturated rings. The number of benzene rings is 4. The van der Waals surface area contributed by atoms with Crippen molar-refractivity contribution in [1.29, 1.82) is 0 Å². The Labute approximate surface area is 326 Å². The van der Waals surface area contributed by atoms with Gasteiger partial charge in [0.2, 0.25) is 0 Å². The molecule has 6 nitrogen and oxygen atoms in total. The third-order valence-corrected chi connectivity index (χ3v) is 9.69. The molecule has 0 N–H and O–H groups in total. The normalized spacial score (nSPS) is 12.7. The zero-order valence-electron chi connectivity index (χ0n) is 33.8. The van der Waals surface area contributed by atoms with Crippen LogP contribution in [-0.4, -0.2) is 32.8 Å². The molecule has 6 aromatic rings. The standard InChI is InChI=1S/C49H50N6/c1-30-25-32(3)48(33(4)26-30)52-38(9)46-15-11-13-44(54-46)36(7)50-42-21-17-40(18-22-42)29-41-19-23-43(24-20-41)51-37(8)45-14-12-16-47(55-45)39(10)53-49-34(5)27-31(2)28-35(49)6/h11-28H,29H2,1-10H3/b50-36+,51-37+,52-38+,53-39+. The number of aliphatic imine (C=N–C) groups is 4. The molecule has 0 aliphatic carbocycles. The maximum Gasteiger partial charge on any atom is 0.0849 e. The van der Waals surface area contributed by atoms with E-state index in [0.717, 1.165) is 74.8 Å². The third kappa shape index (κ3) is 9.70. The number of rotatable bonds is 10. The average Bonchev–Trinajstić information content (AvgIpc) is 3.16. The summed E-state index contributed by atoms with van der Waals surface area (Å²) in [6.07, 6.45) is 0.816. The van der Waals surface area contributed by atoms with E-state index in [1.807, 2.05) is 64.1 Å². The summed E-state index contributed by atoms with van der Waals surface area (Å²) >= 11 is 0. The first-order chi connectivity index (χ1) is 26.3. The summed E-state index contributed by atoms with van der Waals surface area (Å²) in [6.45, 7) is 20.7. The maximum atomic E-state index is 4.95. The molecule has 0 bridgehead atoms. The lowest BCUT2D eigenvalue weighted by molar-refractivity contribution is 1.19. The molecule has 55 heavy (non-hydrogen) atoms. The van der Waals surface area contributed by atoms with E-state index in [1.54, 1.807) is 0 Å². The van der Waals surface area contributed by atoms with Gasteiger partial charge in [0.25, 0.3) is 0 Å². The summed E-state index contributed by atoms with van der Waals surface area (Å²) in [4.78, 5) is 29.5. The lowest BCUT2D eigenvalue weighted by Crippen LogP contribution is -2.05. The Kier molecular flexibility index (Phi) is 11.9. The number of aryl methyl sites for hydroxylation is 6. The van der Waals surface area contributed by atoms with Gasteiger partial charge >= 0.3 is 0 Å². The average molecular weight is 723 g/mol. The van der Waals surface area contributed by atoms with Gasteiger partial charge in [-0.15, -0.1) is 0 Å². The van der Waals surface area contributed by atoms with Crippen LogP contribution in [0.5, 0.6) is 0 Å². The third-order valence-electron chi connectivity index (χ3n) is 9.69. The van der Waals surface area contributed by atoms with Crippen LogP contribution in [0.2, 0.25) is 0 Å². The fourth-order valence-electron chi connectivity index (χ4n) is 6.94. The summed E-state index contributed by atoms with van der Waals surface area (Å²) in [5.74, 6) is 0. The van der Waals surface area contributed by atoms with Crippen molar-refractivity contribution >= 4 is 45.6 Å². The number of nitrogens with zero attached hydrogens (tertiary/aromatic N) is 6. The second-order valence-electron chi connectivity index (χ2n) is 14.6. The molecule has 276 valence electrons. The molecule has 0 saturated carbocycles. The Bertz CT molecular complexity index is 2260.